The third kappa shape index (κ3) is 1.86. The van der Waals surface area contributed by atoms with Gasteiger partial charge in [-0.15, -0.1) is 12.4 Å². The van der Waals surface area contributed by atoms with Crippen LogP contribution < -0.4 is 11.3 Å². The number of hydrazine groups is 1. The van der Waals surface area contributed by atoms with Gasteiger partial charge in [0.2, 0.25) is 0 Å². The van der Waals surface area contributed by atoms with E-state index < -0.39 is 0 Å². The molecule has 1 rings (SSSR count). The Morgan fingerprint density at radius 3 is 2.70 bits per heavy atom. The molecule has 3 nitrogen and oxygen atoms in total. The molecule has 1 aromatic heterocycles. The van der Waals surface area contributed by atoms with Gasteiger partial charge in [0.1, 0.15) is 0 Å². The maximum absolute atomic E-state index is 5.17. The summed E-state index contributed by atoms with van der Waals surface area (Å²) in [6, 6.07) is 1.83. The maximum atomic E-state index is 5.17. The van der Waals surface area contributed by atoms with Crippen LogP contribution in [-0.4, -0.2) is 4.98 Å². The Bertz CT molecular complexity index is 202. The Morgan fingerprint density at radius 2 is 2.30 bits per heavy atom. The predicted octanol–water partition coefficient (Wildman–Crippen LogP) is 1.10. The van der Waals surface area contributed by atoms with E-state index in [1.165, 1.54) is 0 Å². The number of nitrogen functional groups attached to an aromatic ring is 1. The molecule has 3 N–H and O–H groups in total. The number of aryl methyl sites for hydroxylation is 1. The number of hydrogen-bond acceptors (Lipinski definition) is 3. The molecule has 1 heterocycles. The summed E-state index contributed by atoms with van der Waals surface area (Å²) in [6.07, 6.45) is 3.46. The fraction of sp³-hybridized carbons (Fsp3) is 0.167. The largest absolute Gasteiger partial charge is 0.324 e. The van der Waals surface area contributed by atoms with Gasteiger partial charge in [0.15, 0.2) is 0 Å². The number of aromatic nitrogens is 1. The summed E-state index contributed by atoms with van der Waals surface area (Å²) in [7, 11) is 0. The summed E-state index contributed by atoms with van der Waals surface area (Å²) in [4.78, 5) is 3.90. The van der Waals surface area contributed by atoms with E-state index in [0.717, 1.165) is 11.3 Å². The molecule has 0 amide bonds. The van der Waals surface area contributed by atoms with E-state index in [1.807, 2.05) is 13.0 Å². The second kappa shape index (κ2) is 4.09. The summed E-state index contributed by atoms with van der Waals surface area (Å²) in [6.45, 7) is 1.95. The molecule has 0 spiro atoms. The van der Waals surface area contributed by atoms with Gasteiger partial charge < -0.3 is 5.43 Å². The molecule has 0 unspecified atom stereocenters. The fourth-order valence-electron chi connectivity index (χ4n) is 0.635. The van der Waals surface area contributed by atoms with Gasteiger partial charge in [-0.2, -0.15) is 0 Å². The molecular weight excluding hydrogens is 150 g/mol. The van der Waals surface area contributed by atoms with Gasteiger partial charge >= 0.3 is 0 Å². The third-order valence-corrected chi connectivity index (χ3v) is 1.18. The zero-order valence-electron chi connectivity index (χ0n) is 5.66. The average Bonchev–Trinajstić information content (AvgIpc) is 1.89. The maximum Gasteiger partial charge on any atom is 0.0544 e. The number of anilines is 1. The van der Waals surface area contributed by atoms with Crippen LogP contribution in [0.5, 0.6) is 0 Å². The van der Waals surface area contributed by atoms with Gasteiger partial charge in [0.25, 0.3) is 0 Å². The van der Waals surface area contributed by atoms with E-state index in [4.69, 9.17) is 5.84 Å². The Balaban J connectivity index is 0.000000810. The first kappa shape index (κ1) is 9.20. The number of halogens is 1. The molecule has 0 aromatic carbocycles. The SMILES string of the molecule is Cc1cnccc1NN.Cl. The zero-order valence-corrected chi connectivity index (χ0v) is 6.48. The van der Waals surface area contributed by atoms with Gasteiger partial charge in [0.05, 0.1) is 5.69 Å². The number of pyridine rings is 1. The smallest absolute Gasteiger partial charge is 0.0544 e. The molecule has 0 atom stereocenters. The van der Waals surface area contributed by atoms with Crippen LogP contribution in [0.4, 0.5) is 5.69 Å². The van der Waals surface area contributed by atoms with Crippen molar-refractivity contribution < 1.29 is 0 Å². The number of nitrogens with one attached hydrogen (secondary N) is 1. The van der Waals surface area contributed by atoms with Gasteiger partial charge in [-0.25, -0.2) is 0 Å². The molecule has 56 valence electrons. The molecule has 0 aliphatic heterocycles. The number of nitrogens with two attached hydrogens (primary N) is 1. The predicted molar refractivity (Wildman–Crippen MR) is 44.0 cm³/mol. The fourth-order valence-corrected chi connectivity index (χ4v) is 0.635. The number of rotatable bonds is 1. The van der Waals surface area contributed by atoms with Crippen LogP contribution in [0.2, 0.25) is 0 Å². The van der Waals surface area contributed by atoms with Gasteiger partial charge in [0, 0.05) is 12.4 Å². The third-order valence-electron chi connectivity index (χ3n) is 1.18. The van der Waals surface area contributed by atoms with E-state index in [1.54, 1.807) is 12.4 Å². The van der Waals surface area contributed by atoms with E-state index in [0.29, 0.717) is 0 Å². The topological polar surface area (TPSA) is 50.9 Å². The molecular formula is C6H10ClN3. The molecule has 4 heteroatoms. The minimum Gasteiger partial charge on any atom is -0.324 e. The van der Waals surface area contributed by atoms with Crippen molar-refractivity contribution >= 4 is 18.1 Å². The van der Waals surface area contributed by atoms with Crippen molar-refractivity contribution in [2.45, 2.75) is 6.92 Å². The van der Waals surface area contributed by atoms with E-state index >= 15 is 0 Å². The summed E-state index contributed by atoms with van der Waals surface area (Å²) in [5, 5.41) is 0. The minimum absolute atomic E-state index is 0. The van der Waals surface area contributed by atoms with Crippen LogP contribution in [0.1, 0.15) is 5.56 Å². The first-order valence-electron chi connectivity index (χ1n) is 2.72. The summed E-state index contributed by atoms with van der Waals surface area (Å²) >= 11 is 0. The zero-order chi connectivity index (χ0) is 6.69. The second-order valence-electron chi connectivity index (χ2n) is 1.83. The lowest BCUT2D eigenvalue weighted by Crippen LogP contribution is -2.07. The van der Waals surface area contributed by atoms with Crippen molar-refractivity contribution in [3.05, 3.63) is 24.0 Å². The highest BCUT2D eigenvalue weighted by atomic mass is 35.5. The van der Waals surface area contributed by atoms with E-state index in [2.05, 4.69) is 10.4 Å². The molecule has 0 aliphatic rings. The van der Waals surface area contributed by atoms with E-state index in [-0.39, 0.29) is 12.4 Å². The van der Waals surface area contributed by atoms with Crippen LogP contribution in [0, 0.1) is 6.92 Å². The molecule has 0 fully saturated rings. The van der Waals surface area contributed by atoms with Crippen LogP contribution in [0.3, 0.4) is 0 Å². The number of hydrogen-bond donors (Lipinski definition) is 2. The summed E-state index contributed by atoms with van der Waals surface area (Å²) in [5.74, 6) is 5.17. The molecule has 0 saturated carbocycles. The van der Waals surface area contributed by atoms with E-state index in [9.17, 15) is 0 Å². The molecule has 10 heavy (non-hydrogen) atoms. The van der Waals surface area contributed by atoms with Crippen LogP contribution in [0.15, 0.2) is 18.5 Å². The monoisotopic (exact) mass is 159 g/mol. The van der Waals surface area contributed by atoms with Crippen molar-refractivity contribution in [3.63, 3.8) is 0 Å². The van der Waals surface area contributed by atoms with Crippen molar-refractivity contribution in [2.75, 3.05) is 5.43 Å². The van der Waals surface area contributed by atoms with Crippen molar-refractivity contribution in [3.8, 4) is 0 Å². The molecule has 0 aliphatic carbocycles. The van der Waals surface area contributed by atoms with Crippen LogP contribution >= 0.6 is 12.4 Å². The summed E-state index contributed by atoms with van der Waals surface area (Å²) in [5.41, 5.74) is 4.53. The Hall–Kier alpha value is -0.800. The van der Waals surface area contributed by atoms with Crippen molar-refractivity contribution in [1.29, 1.82) is 0 Å². The lowest BCUT2D eigenvalue weighted by atomic mass is 10.3. The highest BCUT2D eigenvalue weighted by Gasteiger charge is 1.90. The van der Waals surface area contributed by atoms with Gasteiger partial charge in [-0.3, -0.25) is 10.8 Å². The van der Waals surface area contributed by atoms with Gasteiger partial charge in [-0.05, 0) is 18.6 Å². The number of nitrogens with zero attached hydrogens (tertiary/aromatic N) is 1. The van der Waals surface area contributed by atoms with Gasteiger partial charge in [-0.1, -0.05) is 0 Å². The van der Waals surface area contributed by atoms with Crippen LogP contribution in [-0.2, 0) is 0 Å². The molecule has 0 radical (unpaired) electrons. The lowest BCUT2D eigenvalue weighted by molar-refractivity contribution is 1.23. The summed E-state index contributed by atoms with van der Waals surface area (Å²) < 4.78 is 0. The quantitative estimate of drug-likeness (QED) is 0.477. The molecule has 0 saturated heterocycles. The highest BCUT2D eigenvalue weighted by molar-refractivity contribution is 5.85. The van der Waals surface area contributed by atoms with Crippen LogP contribution in [0.25, 0.3) is 0 Å². The molecule has 0 bridgehead atoms. The Morgan fingerprint density at radius 1 is 1.60 bits per heavy atom. The molecule has 1 aromatic rings. The standard InChI is InChI=1S/C6H9N3.ClH/c1-5-4-8-3-2-6(5)9-7;/h2-4H,7H2,1H3,(H,8,9);1H. The normalized spacial score (nSPS) is 8.20. The van der Waals surface area contributed by atoms with Crippen molar-refractivity contribution in [1.82, 2.24) is 4.98 Å². The van der Waals surface area contributed by atoms with Crippen molar-refractivity contribution in [2.24, 2.45) is 5.84 Å². The highest BCUT2D eigenvalue weighted by Crippen LogP contribution is 2.08. The first-order valence-corrected chi connectivity index (χ1v) is 2.72. The Labute approximate surface area is 66.0 Å². The Kier molecular flexibility index (Phi) is 3.76. The lowest BCUT2D eigenvalue weighted by Gasteiger charge is -2.00. The second-order valence-corrected chi connectivity index (χ2v) is 1.83. The minimum atomic E-state index is 0. The average molecular weight is 160 g/mol. The first-order chi connectivity index (χ1) is 4.34.